The van der Waals surface area contributed by atoms with Gasteiger partial charge in [0.25, 0.3) is 0 Å². The van der Waals surface area contributed by atoms with Crippen LogP contribution in [-0.2, 0) is 63.9 Å². The molecule has 0 saturated carbocycles. The first-order chi connectivity index (χ1) is 42.8. The van der Waals surface area contributed by atoms with Crippen LogP contribution in [0.2, 0.25) is 0 Å². The molecule has 2 fully saturated rings. The molecule has 2 aliphatic heterocycles. The van der Waals surface area contributed by atoms with Gasteiger partial charge in [-0.2, -0.15) is 0 Å². The van der Waals surface area contributed by atoms with Gasteiger partial charge >= 0.3 is 12.1 Å². The minimum absolute atomic E-state index is 0.0752. The number of halogens is 1. The number of aliphatic hydroxyl groups is 4. The van der Waals surface area contributed by atoms with Crippen molar-refractivity contribution in [3.63, 3.8) is 0 Å². The zero-order valence-corrected chi connectivity index (χ0v) is 56.4. The predicted molar refractivity (Wildman–Crippen MR) is 337 cm³/mol. The number of likely N-dealkylation sites (N-methyl/N-ethyl adjacent to an activating group) is 2. The third kappa shape index (κ3) is 20.2. The first-order valence-electron chi connectivity index (χ1n) is 30.8. The molecule has 2 aromatic rings. The van der Waals surface area contributed by atoms with Gasteiger partial charge in [0.05, 0.1) is 59.8 Å². The lowest BCUT2D eigenvalue weighted by Gasteiger charge is -2.41. The highest BCUT2D eigenvalue weighted by atomic mass is 79.9. The Morgan fingerprint density at radius 3 is 1.95 bits per heavy atom. The van der Waals surface area contributed by atoms with E-state index in [1.807, 2.05) is 19.9 Å². The maximum atomic E-state index is 14.9. The quantitative estimate of drug-likeness (QED) is 0.0471. The van der Waals surface area contributed by atoms with Crippen molar-refractivity contribution in [3.05, 3.63) is 59.7 Å². The Morgan fingerprint density at radius 2 is 1.38 bits per heavy atom. The Hall–Kier alpha value is -6.53. The molecule has 17 atom stereocenters. The number of carboxylic acids is 1. The predicted octanol–water partition coefficient (Wildman–Crippen LogP) is 2.83. The van der Waals surface area contributed by atoms with Crippen LogP contribution in [0, 0.1) is 29.6 Å². The second kappa shape index (κ2) is 35.5. The molecule has 28 heteroatoms. The molecule has 2 aromatic carbocycles. The number of hydrogen-bond acceptors (Lipinski definition) is 18. The van der Waals surface area contributed by atoms with E-state index in [1.165, 1.54) is 51.3 Å². The zero-order chi connectivity index (χ0) is 68.5. The average Bonchev–Trinajstić information content (AvgIpc) is 2.09. The number of carbonyl (C=O) groups is 9. The molecule has 2 saturated heterocycles. The van der Waals surface area contributed by atoms with Crippen molar-refractivity contribution in [2.45, 2.75) is 200 Å². The molecule has 27 nitrogen and oxygen atoms in total. The number of nitrogens with one attached hydrogen (secondary N) is 5. The van der Waals surface area contributed by atoms with Gasteiger partial charge in [-0.15, -0.1) is 0 Å². The Labute approximate surface area is 541 Å². The maximum absolute atomic E-state index is 14.9. The van der Waals surface area contributed by atoms with Gasteiger partial charge in [-0.3, -0.25) is 38.5 Å². The number of aliphatic hydroxyl groups excluding tert-OH is 4. The summed E-state index contributed by atoms with van der Waals surface area (Å²) in [5, 5.41) is 65.9. The molecule has 2 aliphatic rings. The Bertz CT molecular complexity index is 2780. The van der Waals surface area contributed by atoms with Gasteiger partial charge in [0.2, 0.25) is 47.6 Å². The van der Waals surface area contributed by atoms with Gasteiger partial charge in [-0.05, 0) is 73.6 Å². The number of rotatable bonds is 32. The molecule has 0 aliphatic carbocycles. The van der Waals surface area contributed by atoms with Gasteiger partial charge in [0, 0.05) is 34.9 Å². The molecule has 91 heavy (non-hydrogen) atoms. The molecular weight excluding hydrogens is 1250 g/mol. The molecule has 0 radical (unpaired) electrons. The molecule has 0 unspecified atom stereocenters. The number of aliphatic carboxylic acids is 1. The second-order valence-corrected chi connectivity index (χ2v) is 25.2. The SMILES string of the molecule is CC[C@H](C)[C@@H]([C@@H](CC(=O)N1CCC[C@H]1[C@H](OC)[C@@H](C)C(=O)N[C@H](C)[C@@H](O)c1ccccc1)OC)N(C)C(=O)[C@@H](NC(=O)[C@H](C(C)C)N(C)C(=O)OCc1ccc(NC(=O)[C@H](C)NC(=O)[C@@H](NC(=O)CBr)C(C)C)c(O[C@@H]2O[C@H](C(=O)O)[C@@H](O)[C@H](O)[C@H]2O)c1)C(C)C. The summed E-state index contributed by atoms with van der Waals surface area (Å²) in [5.41, 5.74) is 0.687. The van der Waals surface area contributed by atoms with E-state index >= 15 is 0 Å². The van der Waals surface area contributed by atoms with Crippen LogP contribution in [0.4, 0.5) is 10.5 Å². The summed E-state index contributed by atoms with van der Waals surface area (Å²) in [7, 11) is 5.90. The summed E-state index contributed by atoms with van der Waals surface area (Å²) in [6.07, 6.45) is -12.0. The normalized spacial score (nSPS) is 21.9. The molecular formula is C63H97BrN8O19. The van der Waals surface area contributed by atoms with E-state index in [0.29, 0.717) is 31.4 Å². The molecule has 2 heterocycles. The highest BCUT2D eigenvalue weighted by Crippen LogP contribution is 2.33. The topological polar surface area (TPSA) is 371 Å². The van der Waals surface area contributed by atoms with Crippen molar-refractivity contribution in [2.24, 2.45) is 29.6 Å². The van der Waals surface area contributed by atoms with Gasteiger partial charge in [-0.1, -0.05) is 121 Å². The fourth-order valence-corrected chi connectivity index (χ4v) is 11.6. The number of carboxylic acid groups (broad SMARTS) is 1. The fraction of sp³-hybridized carbons (Fsp3) is 0.667. The third-order valence-electron chi connectivity index (χ3n) is 16.9. The summed E-state index contributed by atoms with van der Waals surface area (Å²) in [4.78, 5) is 127. The minimum Gasteiger partial charge on any atom is -0.479 e. The lowest BCUT2D eigenvalue weighted by atomic mass is 9.89. The van der Waals surface area contributed by atoms with Crippen LogP contribution < -0.4 is 31.3 Å². The molecule has 510 valence electrons. The Kier molecular flexibility index (Phi) is 30.0. The number of carbonyl (C=O) groups excluding carboxylic acids is 8. The van der Waals surface area contributed by atoms with Crippen LogP contribution in [-0.4, -0.2) is 219 Å². The number of ether oxygens (including phenoxy) is 5. The molecule has 0 aromatic heterocycles. The van der Waals surface area contributed by atoms with Crippen molar-refractivity contribution in [3.8, 4) is 5.75 Å². The largest absolute Gasteiger partial charge is 0.479 e. The summed E-state index contributed by atoms with van der Waals surface area (Å²) in [6.45, 7) is 18.9. The Morgan fingerprint density at radius 1 is 0.747 bits per heavy atom. The van der Waals surface area contributed by atoms with Crippen molar-refractivity contribution < 1.29 is 92.4 Å². The summed E-state index contributed by atoms with van der Waals surface area (Å²) < 4.78 is 28.9. The summed E-state index contributed by atoms with van der Waals surface area (Å²) in [6, 6.07) is 6.58. The summed E-state index contributed by atoms with van der Waals surface area (Å²) >= 11 is 3.04. The number of alkyl halides is 1. The van der Waals surface area contributed by atoms with Gasteiger partial charge in [-0.25, -0.2) is 9.59 Å². The monoisotopic (exact) mass is 1350 g/mol. The van der Waals surface area contributed by atoms with Crippen LogP contribution in [0.25, 0.3) is 0 Å². The number of nitrogens with zero attached hydrogens (tertiary/aromatic N) is 3. The number of methoxy groups -OCH3 is 2. The number of likely N-dealkylation sites (tertiary alicyclic amines) is 1. The lowest BCUT2D eigenvalue weighted by molar-refractivity contribution is -0.271. The van der Waals surface area contributed by atoms with Gasteiger partial charge < -0.3 is 85.6 Å². The fourth-order valence-electron chi connectivity index (χ4n) is 11.4. The molecule has 4 rings (SSSR count). The van der Waals surface area contributed by atoms with E-state index in [0.717, 1.165) is 4.90 Å². The van der Waals surface area contributed by atoms with E-state index < -0.39 is 157 Å². The van der Waals surface area contributed by atoms with E-state index in [9.17, 15) is 68.7 Å². The zero-order valence-electron chi connectivity index (χ0n) is 54.8. The number of anilines is 1. The molecule has 0 spiro atoms. The highest BCUT2D eigenvalue weighted by molar-refractivity contribution is 9.09. The van der Waals surface area contributed by atoms with E-state index in [1.54, 1.807) is 91.6 Å². The lowest BCUT2D eigenvalue weighted by Crippen LogP contribution is -2.61. The van der Waals surface area contributed by atoms with E-state index in [2.05, 4.69) is 42.5 Å². The van der Waals surface area contributed by atoms with Crippen molar-refractivity contribution >= 4 is 75.0 Å². The van der Waals surface area contributed by atoms with Crippen molar-refractivity contribution in [2.75, 3.05) is 45.5 Å². The van der Waals surface area contributed by atoms with Crippen molar-refractivity contribution in [1.82, 2.24) is 36.0 Å². The van der Waals surface area contributed by atoms with E-state index in [4.69, 9.17) is 23.7 Å². The number of amides is 8. The van der Waals surface area contributed by atoms with Crippen LogP contribution in [0.3, 0.4) is 0 Å². The second-order valence-electron chi connectivity index (χ2n) is 24.7. The van der Waals surface area contributed by atoms with Gasteiger partial charge in [0.15, 0.2) is 6.10 Å². The first kappa shape index (κ1) is 76.9. The summed E-state index contributed by atoms with van der Waals surface area (Å²) in [5.74, 6) is -8.09. The molecule has 10 N–H and O–H groups in total. The molecule has 8 amide bonds. The highest BCUT2D eigenvalue weighted by Gasteiger charge is 2.49. The average molecular weight is 1350 g/mol. The molecule has 0 bridgehead atoms. The van der Waals surface area contributed by atoms with E-state index in [-0.39, 0.29) is 52.4 Å². The number of benzene rings is 2. The van der Waals surface area contributed by atoms with Gasteiger partial charge in [0.1, 0.15) is 54.8 Å². The van der Waals surface area contributed by atoms with Crippen molar-refractivity contribution in [1.29, 1.82) is 0 Å². The third-order valence-corrected chi connectivity index (χ3v) is 17.4. The van der Waals surface area contributed by atoms with Crippen LogP contribution in [0.15, 0.2) is 48.5 Å². The smallest absolute Gasteiger partial charge is 0.410 e. The number of hydrogen-bond donors (Lipinski definition) is 10. The van der Waals surface area contributed by atoms with Crippen LogP contribution >= 0.6 is 15.9 Å². The maximum Gasteiger partial charge on any atom is 0.410 e. The van der Waals surface area contributed by atoms with Crippen LogP contribution in [0.1, 0.15) is 119 Å². The minimum atomic E-state index is -2.07. The first-order valence-corrected chi connectivity index (χ1v) is 31.9. The Balaban J connectivity index is 1.52. The van der Waals surface area contributed by atoms with Crippen LogP contribution in [0.5, 0.6) is 5.75 Å². The standard InChI is InChI=1S/C63H97BrN8O19/c1-16-34(8)49(43(87-14)28-45(74)72-26-20-23-41(72)54(88-15)35(9)56(79)65-36(10)50(75)39-21-18-17-19-22-39)70(12)60(83)47(32(4)5)69-59(82)48(33(6)7)71(13)63(86)89-30-38-24-25-40(42(27-38)90-62-53(78)51(76)52(77)55(91-62)61(84)85)67-57(80)37(11)66-58(81)46(31(2)3)68-44(73)29-64/h17-19,21-22,24-25,27,31-37,41,43,46-55,62,75-78H,16,20,23,26,28-30H2,1-15H3,(H,65,79)(H,66,81)(H,67,80)(H,68,73)(H,69,82)(H,84,85)/t34-,35+,36+,37-,41-,43+,46-,47-,48-,49-,50+,51-,52-,53+,54+,55-,62+/m0/s1.